The molecular weight excluding hydrogens is 348 g/mol. The number of nitrogens with one attached hydrogen (secondary N) is 1. The van der Waals surface area contributed by atoms with Crippen LogP contribution in [0.5, 0.6) is 0 Å². The van der Waals surface area contributed by atoms with Crippen molar-refractivity contribution in [1.82, 2.24) is 14.9 Å². The number of fused-ring (bicyclic) bond motifs is 1. The third-order valence-corrected chi connectivity index (χ3v) is 5.60. The van der Waals surface area contributed by atoms with Crippen molar-refractivity contribution >= 4 is 28.6 Å². The number of carbonyl (C=O) groups excluding carboxylic acids is 1. The molecule has 26 heavy (non-hydrogen) atoms. The van der Waals surface area contributed by atoms with E-state index < -0.39 is 5.54 Å². The van der Waals surface area contributed by atoms with E-state index in [9.17, 15) is 14.9 Å². The molecule has 0 radical (unpaired) electrons. The number of rotatable bonds is 6. The summed E-state index contributed by atoms with van der Waals surface area (Å²) in [6.07, 6.45) is 1.94. The largest absolute Gasteiger partial charge is 0.337 e. The number of hydrogen-bond donors (Lipinski definition) is 1. The molecule has 1 atom stereocenters. The average Bonchev–Trinajstić information content (AvgIpc) is 3.45. The summed E-state index contributed by atoms with van der Waals surface area (Å²) in [5.41, 5.74) is -0.294. The van der Waals surface area contributed by atoms with Gasteiger partial charge in [0.15, 0.2) is 5.16 Å². The van der Waals surface area contributed by atoms with E-state index in [0.717, 1.165) is 12.8 Å². The fourth-order valence-corrected chi connectivity index (χ4v) is 3.95. The summed E-state index contributed by atoms with van der Waals surface area (Å²) >= 11 is 1.23. The molecule has 0 aliphatic heterocycles. The zero-order valence-corrected chi connectivity index (χ0v) is 16.0. The van der Waals surface area contributed by atoms with Gasteiger partial charge in [-0.3, -0.25) is 14.2 Å². The Bertz CT molecular complexity index is 943. The lowest BCUT2D eigenvalue weighted by Crippen LogP contribution is -2.47. The highest BCUT2D eigenvalue weighted by Crippen LogP contribution is 2.39. The van der Waals surface area contributed by atoms with Gasteiger partial charge in [-0.05, 0) is 51.7 Å². The number of amides is 1. The van der Waals surface area contributed by atoms with Crippen LogP contribution in [0.4, 0.5) is 0 Å². The van der Waals surface area contributed by atoms with Crippen LogP contribution in [0.15, 0.2) is 34.2 Å². The van der Waals surface area contributed by atoms with Crippen molar-refractivity contribution in [2.24, 2.45) is 5.92 Å². The fraction of sp³-hybridized carbons (Fsp3) is 0.474. The van der Waals surface area contributed by atoms with Gasteiger partial charge in [-0.25, -0.2) is 4.98 Å². The number of hydrogen-bond acceptors (Lipinski definition) is 5. The standard InChI is InChI=1S/C19H22N4O2S/c1-12(2)23-17(25)14-6-4-5-7-15(14)21-18(23)26-10-16(24)22-19(3,11-20)13-8-9-13/h4-7,12-13H,8-10H2,1-3H3,(H,22,24). The van der Waals surface area contributed by atoms with Crippen molar-refractivity contribution in [3.05, 3.63) is 34.6 Å². The van der Waals surface area contributed by atoms with Gasteiger partial charge in [0.2, 0.25) is 5.91 Å². The molecule has 1 heterocycles. The van der Waals surface area contributed by atoms with Crippen LogP contribution in [-0.4, -0.2) is 26.8 Å². The van der Waals surface area contributed by atoms with Gasteiger partial charge >= 0.3 is 0 Å². The molecule has 7 heteroatoms. The Morgan fingerprint density at radius 1 is 1.46 bits per heavy atom. The van der Waals surface area contributed by atoms with E-state index in [4.69, 9.17) is 0 Å². The first kappa shape index (κ1) is 18.5. The number of carbonyl (C=O) groups is 1. The summed E-state index contributed by atoms with van der Waals surface area (Å²) in [6.45, 7) is 5.61. The van der Waals surface area contributed by atoms with Crippen LogP contribution < -0.4 is 10.9 Å². The van der Waals surface area contributed by atoms with Crippen LogP contribution in [0.25, 0.3) is 10.9 Å². The molecule has 1 N–H and O–H groups in total. The van der Waals surface area contributed by atoms with Crippen molar-refractivity contribution < 1.29 is 4.79 Å². The second-order valence-corrected chi connectivity index (χ2v) is 8.05. The summed E-state index contributed by atoms with van der Waals surface area (Å²) in [7, 11) is 0. The molecule has 6 nitrogen and oxygen atoms in total. The summed E-state index contributed by atoms with van der Waals surface area (Å²) < 4.78 is 1.62. The molecule has 1 aliphatic rings. The maximum Gasteiger partial charge on any atom is 0.262 e. The SMILES string of the molecule is CC(C)n1c(SCC(=O)NC(C)(C#N)C2CC2)nc2ccccc2c1=O. The van der Waals surface area contributed by atoms with E-state index in [0.29, 0.717) is 16.1 Å². The van der Waals surface area contributed by atoms with E-state index in [1.165, 1.54) is 11.8 Å². The Hall–Kier alpha value is -2.33. The van der Waals surface area contributed by atoms with Crippen LogP contribution in [0.3, 0.4) is 0 Å². The van der Waals surface area contributed by atoms with E-state index in [1.54, 1.807) is 23.6 Å². The number of aromatic nitrogens is 2. The van der Waals surface area contributed by atoms with Crippen LogP contribution in [0.2, 0.25) is 0 Å². The first-order valence-corrected chi connectivity index (χ1v) is 9.70. The topological polar surface area (TPSA) is 87.8 Å². The van der Waals surface area contributed by atoms with E-state index in [2.05, 4.69) is 16.4 Å². The summed E-state index contributed by atoms with van der Waals surface area (Å²) in [5, 5.41) is 13.3. The van der Waals surface area contributed by atoms with Gasteiger partial charge in [0.25, 0.3) is 5.56 Å². The lowest BCUT2D eigenvalue weighted by molar-refractivity contribution is -0.119. The normalized spacial score (nSPS) is 16.3. The van der Waals surface area contributed by atoms with Crippen LogP contribution >= 0.6 is 11.8 Å². The maximum absolute atomic E-state index is 12.8. The van der Waals surface area contributed by atoms with E-state index in [-0.39, 0.29) is 29.2 Å². The highest BCUT2D eigenvalue weighted by Gasteiger charge is 2.42. The molecule has 3 rings (SSSR count). The van der Waals surface area contributed by atoms with Crippen molar-refractivity contribution in [2.75, 3.05) is 5.75 Å². The second-order valence-electron chi connectivity index (χ2n) is 7.11. The van der Waals surface area contributed by atoms with Gasteiger partial charge in [0, 0.05) is 6.04 Å². The molecule has 1 aromatic carbocycles. The lowest BCUT2D eigenvalue weighted by Gasteiger charge is -2.23. The van der Waals surface area contributed by atoms with Crippen molar-refractivity contribution in [1.29, 1.82) is 5.26 Å². The van der Waals surface area contributed by atoms with E-state index >= 15 is 0 Å². The molecule has 1 aromatic heterocycles. The molecule has 0 spiro atoms. The number of nitrogens with zero attached hydrogens (tertiary/aromatic N) is 3. The van der Waals surface area contributed by atoms with Gasteiger partial charge in [-0.1, -0.05) is 23.9 Å². The van der Waals surface area contributed by atoms with E-state index in [1.807, 2.05) is 26.0 Å². The predicted octanol–water partition coefficient (Wildman–Crippen LogP) is 2.88. The lowest BCUT2D eigenvalue weighted by atomic mass is 9.98. The fourth-order valence-electron chi connectivity index (χ4n) is 3.02. The molecule has 1 unspecified atom stereocenters. The predicted molar refractivity (Wildman–Crippen MR) is 102 cm³/mol. The van der Waals surface area contributed by atoms with Crippen LogP contribution in [-0.2, 0) is 4.79 Å². The second kappa shape index (κ2) is 7.12. The quantitative estimate of drug-likeness (QED) is 0.624. The third kappa shape index (κ3) is 3.61. The molecule has 1 aliphatic carbocycles. The molecule has 0 bridgehead atoms. The summed E-state index contributed by atoms with van der Waals surface area (Å²) in [5.74, 6) is 0.124. The van der Waals surface area contributed by atoms with Gasteiger partial charge in [-0.15, -0.1) is 0 Å². The third-order valence-electron chi connectivity index (χ3n) is 4.65. The Kier molecular flexibility index (Phi) is 5.05. The minimum absolute atomic E-state index is 0.0685. The number of para-hydroxylation sites is 1. The molecule has 136 valence electrons. The Morgan fingerprint density at radius 2 is 2.15 bits per heavy atom. The van der Waals surface area contributed by atoms with Gasteiger partial charge in [0.1, 0.15) is 5.54 Å². The van der Waals surface area contributed by atoms with Crippen molar-refractivity contribution in [3.63, 3.8) is 0 Å². The molecule has 1 fully saturated rings. The Balaban J connectivity index is 1.82. The Morgan fingerprint density at radius 3 is 2.77 bits per heavy atom. The number of thioether (sulfide) groups is 1. The monoisotopic (exact) mass is 370 g/mol. The average molecular weight is 370 g/mol. The highest BCUT2D eigenvalue weighted by molar-refractivity contribution is 7.99. The first-order valence-electron chi connectivity index (χ1n) is 8.72. The zero-order valence-electron chi connectivity index (χ0n) is 15.2. The number of nitriles is 1. The molecule has 1 amide bonds. The number of benzene rings is 1. The van der Waals surface area contributed by atoms with Gasteiger partial charge in [0.05, 0.1) is 22.7 Å². The molecule has 0 saturated heterocycles. The van der Waals surface area contributed by atoms with Crippen molar-refractivity contribution in [2.45, 2.75) is 50.4 Å². The summed E-state index contributed by atoms with van der Waals surface area (Å²) in [6, 6.07) is 9.36. The molecule has 2 aromatic rings. The first-order chi connectivity index (χ1) is 12.4. The minimum Gasteiger partial charge on any atom is -0.337 e. The molecular formula is C19H22N4O2S. The highest BCUT2D eigenvalue weighted by atomic mass is 32.2. The van der Waals surface area contributed by atoms with Gasteiger partial charge < -0.3 is 5.32 Å². The molecule has 1 saturated carbocycles. The van der Waals surface area contributed by atoms with Crippen LogP contribution in [0.1, 0.15) is 39.7 Å². The smallest absolute Gasteiger partial charge is 0.262 e. The van der Waals surface area contributed by atoms with Gasteiger partial charge in [-0.2, -0.15) is 5.26 Å². The zero-order chi connectivity index (χ0) is 18.9. The minimum atomic E-state index is -0.813. The van der Waals surface area contributed by atoms with Crippen molar-refractivity contribution in [3.8, 4) is 6.07 Å². The Labute approximate surface area is 156 Å². The van der Waals surface area contributed by atoms with Crippen LogP contribution in [0, 0.1) is 17.2 Å². The summed E-state index contributed by atoms with van der Waals surface area (Å²) in [4.78, 5) is 29.7. The maximum atomic E-state index is 12.8.